The van der Waals surface area contributed by atoms with E-state index in [1.165, 1.54) is 12.8 Å². The molecule has 10 nitrogen and oxygen atoms in total. The number of fused-ring (bicyclic) bond motifs is 1. The van der Waals surface area contributed by atoms with Crippen LogP contribution in [0.15, 0.2) is 33.6 Å². The van der Waals surface area contributed by atoms with Crippen LogP contribution in [0, 0.1) is 11.8 Å². The van der Waals surface area contributed by atoms with Gasteiger partial charge in [0.05, 0.1) is 6.61 Å². The van der Waals surface area contributed by atoms with Crippen LogP contribution in [-0.4, -0.2) is 50.6 Å². The zero-order chi connectivity index (χ0) is 30.2. The Balaban J connectivity index is 1.60. The Bertz CT molecular complexity index is 1600. The number of imidazole rings is 1. The Morgan fingerprint density at radius 3 is 2.57 bits per heavy atom. The lowest BCUT2D eigenvalue weighted by Gasteiger charge is -2.37. The standard InChI is InChI=1S/C30H42ClN7O3Si/c1-18-11-13-20(14-12-18)16-38-24-23(21-9-8-10-22(31)15-21)33-26(27-36-29(39)41-37-27)34-25(24)35-28(38)32-19(2)17-40-42(6,7)30(3,4)5/h8-10,15,18-20H,11-14,16-17H2,1-7H3,(H,36,37,39)(H,32,33,34,35). The van der Waals surface area contributed by atoms with Crippen molar-refractivity contribution in [2.75, 3.05) is 11.9 Å². The molecule has 5 rings (SSSR count). The normalized spacial score (nSPS) is 18.9. The van der Waals surface area contributed by atoms with Crippen LogP contribution >= 0.6 is 11.6 Å². The van der Waals surface area contributed by atoms with Gasteiger partial charge in [-0.15, -0.1) is 0 Å². The highest BCUT2D eigenvalue weighted by molar-refractivity contribution is 6.74. The highest BCUT2D eigenvalue weighted by Gasteiger charge is 2.37. The fourth-order valence-electron chi connectivity index (χ4n) is 5.17. The Morgan fingerprint density at radius 1 is 1.19 bits per heavy atom. The SMILES string of the molecule is CC1CCC(Cn2c(NC(C)CO[Si](C)(C)C(C)(C)C)nc3nc(-c4noc(=O)[nH]4)nc(-c4cccc(Cl)c4)c32)CC1. The maximum atomic E-state index is 11.7. The van der Waals surface area contributed by atoms with Gasteiger partial charge in [-0.2, -0.15) is 4.98 Å². The molecule has 0 bridgehead atoms. The van der Waals surface area contributed by atoms with E-state index in [0.717, 1.165) is 42.3 Å². The third-order valence-electron chi connectivity index (χ3n) is 8.81. The average molecular weight is 612 g/mol. The lowest BCUT2D eigenvalue weighted by molar-refractivity contribution is 0.265. The molecule has 0 saturated heterocycles. The summed E-state index contributed by atoms with van der Waals surface area (Å²) >= 11 is 6.43. The molecule has 3 aromatic heterocycles. The van der Waals surface area contributed by atoms with Crippen molar-refractivity contribution in [1.29, 1.82) is 0 Å². The van der Waals surface area contributed by atoms with E-state index in [0.29, 0.717) is 28.9 Å². The number of anilines is 1. The smallest absolute Gasteiger partial charge is 0.415 e. The van der Waals surface area contributed by atoms with Crippen molar-refractivity contribution in [1.82, 2.24) is 29.7 Å². The zero-order valence-corrected chi connectivity index (χ0v) is 27.4. The molecule has 0 amide bonds. The quantitative estimate of drug-likeness (QED) is 0.191. The van der Waals surface area contributed by atoms with E-state index in [4.69, 9.17) is 35.5 Å². The molecule has 0 spiro atoms. The lowest BCUT2D eigenvalue weighted by atomic mass is 9.83. The Hall–Kier alpha value is -3.02. The molecule has 226 valence electrons. The molecule has 1 unspecified atom stereocenters. The van der Waals surface area contributed by atoms with Crippen molar-refractivity contribution in [2.24, 2.45) is 11.8 Å². The van der Waals surface area contributed by atoms with Gasteiger partial charge < -0.3 is 14.3 Å². The summed E-state index contributed by atoms with van der Waals surface area (Å²) in [5.41, 5.74) is 2.80. The van der Waals surface area contributed by atoms with Crippen LogP contribution in [0.1, 0.15) is 60.3 Å². The second-order valence-corrected chi connectivity index (χ2v) is 18.6. The second kappa shape index (κ2) is 11.9. The number of benzene rings is 1. The van der Waals surface area contributed by atoms with E-state index in [-0.39, 0.29) is 22.7 Å². The topological polar surface area (TPSA) is 124 Å². The van der Waals surface area contributed by atoms with Gasteiger partial charge >= 0.3 is 5.76 Å². The van der Waals surface area contributed by atoms with E-state index < -0.39 is 14.1 Å². The van der Waals surface area contributed by atoms with Gasteiger partial charge in [0, 0.05) is 23.2 Å². The van der Waals surface area contributed by atoms with E-state index in [2.05, 4.69) is 67.7 Å². The van der Waals surface area contributed by atoms with Crippen molar-refractivity contribution < 1.29 is 8.95 Å². The number of H-pyrrole nitrogens is 1. The number of rotatable bonds is 9. The molecule has 0 radical (unpaired) electrons. The van der Waals surface area contributed by atoms with Crippen molar-refractivity contribution in [3.8, 4) is 22.9 Å². The minimum absolute atomic E-state index is 0.00927. The number of hydrogen-bond donors (Lipinski definition) is 2. The molecule has 1 saturated carbocycles. The third kappa shape index (κ3) is 6.63. The monoisotopic (exact) mass is 611 g/mol. The highest BCUT2D eigenvalue weighted by atomic mass is 35.5. The zero-order valence-electron chi connectivity index (χ0n) is 25.6. The van der Waals surface area contributed by atoms with E-state index in [9.17, 15) is 4.79 Å². The number of hydrogen-bond acceptors (Lipinski definition) is 8. The van der Waals surface area contributed by atoms with Crippen molar-refractivity contribution in [3.63, 3.8) is 0 Å². The summed E-state index contributed by atoms with van der Waals surface area (Å²) in [7, 11) is -1.92. The Labute approximate surface area is 252 Å². The fraction of sp³-hybridized carbons (Fsp3) is 0.567. The van der Waals surface area contributed by atoms with Gasteiger partial charge in [-0.05, 0) is 61.9 Å². The summed E-state index contributed by atoms with van der Waals surface area (Å²) in [4.78, 5) is 28.9. The summed E-state index contributed by atoms with van der Waals surface area (Å²) in [6.45, 7) is 17.1. The number of aromatic amines is 1. The second-order valence-electron chi connectivity index (χ2n) is 13.3. The van der Waals surface area contributed by atoms with Crippen LogP contribution in [0.2, 0.25) is 23.2 Å². The minimum atomic E-state index is -1.92. The molecule has 12 heteroatoms. The largest absolute Gasteiger partial charge is 0.439 e. The van der Waals surface area contributed by atoms with E-state index in [1.807, 2.05) is 24.3 Å². The molecule has 1 fully saturated rings. The molecule has 4 aromatic rings. The molecule has 1 aromatic carbocycles. The van der Waals surface area contributed by atoms with Crippen molar-refractivity contribution >= 4 is 37.0 Å². The predicted octanol–water partition coefficient (Wildman–Crippen LogP) is 7.14. The first-order valence-electron chi connectivity index (χ1n) is 14.8. The van der Waals surface area contributed by atoms with Gasteiger partial charge in [0.25, 0.3) is 0 Å². The molecule has 2 N–H and O–H groups in total. The summed E-state index contributed by atoms with van der Waals surface area (Å²) in [5.74, 6) is 1.68. The average Bonchev–Trinajstić information content (AvgIpc) is 3.51. The van der Waals surface area contributed by atoms with Gasteiger partial charge in [-0.1, -0.05) is 69.4 Å². The summed E-state index contributed by atoms with van der Waals surface area (Å²) in [5, 5.41) is 8.19. The van der Waals surface area contributed by atoms with Gasteiger partial charge in [0.1, 0.15) is 11.2 Å². The summed E-state index contributed by atoms with van der Waals surface area (Å²) in [6.07, 6.45) is 4.77. The number of nitrogens with zero attached hydrogens (tertiary/aromatic N) is 5. The van der Waals surface area contributed by atoms with E-state index >= 15 is 0 Å². The van der Waals surface area contributed by atoms with E-state index in [1.54, 1.807) is 0 Å². The predicted molar refractivity (Wildman–Crippen MR) is 169 cm³/mol. The molecule has 1 aliphatic rings. The van der Waals surface area contributed by atoms with Crippen LogP contribution in [0.4, 0.5) is 5.95 Å². The lowest BCUT2D eigenvalue weighted by Crippen LogP contribution is -2.43. The maximum Gasteiger partial charge on any atom is 0.439 e. The molecule has 3 heterocycles. The number of nitrogens with one attached hydrogen (secondary N) is 2. The molecule has 42 heavy (non-hydrogen) atoms. The highest BCUT2D eigenvalue weighted by Crippen LogP contribution is 2.38. The van der Waals surface area contributed by atoms with Crippen molar-refractivity contribution in [3.05, 3.63) is 39.8 Å². The summed E-state index contributed by atoms with van der Waals surface area (Å²) in [6, 6.07) is 7.57. The Kier molecular flexibility index (Phi) is 8.64. The number of halogens is 1. The third-order valence-corrected chi connectivity index (χ3v) is 13.5. The molecule has 1 aliphatic carbocycles. The first-order valence-corrected chi connectivity index (χ1v) is 18.1. The van der Waals surface area contributed by atoms with Gasteiger partial charge in [-0.3, -0.25) is 9.51 Å². The van der Waals surface area contributed by atoms with Crippen LogP contribution < -0.4 is 11.1 Å². The maximum absolute atomic E-state index is 11.7. The van der Waals surface area contributed by atoms with Crippen LogP contribution in [0.3, 0.4) is 0 Å². The first-order chi connectivity index (χ1) is 19.8. The van der Waals surface area contributed by atoms with Gasteiger partial charge in [0.15, 0.2) is 14.0 Å². The van der Waals surface area contributed by atoms with Crippen LogP contribution in [-0.2, 0) is 11.0 Å². The molecule has 0 aliphatic heterocycles. The molecule has 1 atom stereocenters. The summed E-state index contributed by atoms with van der Waals surface area (Å²) < 4.78 is 13.5. The molecular formula is C30H42ClN7O3Si. The first kappa shape index (κ1) is 30.4. The Morgan fingerprint density at radius 2 is 1.93 bits per heavy atom. The number of aromatic nitrogens is 6. The minimum Gasteiger partial charge on any atom is -0.415 e. The van der Waals surface area contributed by atoms with Crippen LogP contribution in [0.25, 0.3) is 34.1 Å². The fourth-order valence-corrected chi connectivity index (χ4v) is 6.46. The van der Waals surface area contributed by atoms with Crippen LogP contribution in [0.5, 0.6) is 0 Å². The van der Waals surface area contributed by atoms with Crippen molar-refractivity contribution in [2.45, 2.75) is 91.0 Å². The molecular weight excluding hydrogens is 570 g/mol. The van der Waals surface area contributed by atoms with Gasteiger partial charge in [0.2, 0.25) is 17.6 Å². The van der Waals surface area contributed by atoms with Gasteiger partial charge in [-0.25, -0.2) is 14.8 Å².